The topological polar surface area (TPSA) is 41.1 Å². The van der Waals surface area contributed by atoms with Crippen LogP contribution in [0.5, 0.6) is 0 Å². The monoisotopic (exact) mass is 252 g/mol. The summed E-state index contributed by atoms with van der Waals surface area (Å²) in [6, 6.07) is 0. The first kappa shape index (κ1) is 14.3. The molecule has 1 rings (SSSR count). The molecule has 3 nitrogen and oxygen atoms in total. The number of alkyl halides is 3. The second-order valence-corrected chi connectivity index (χ2v) is 4.70. The SMILES string of the molecule is CCC1(CNCC(=O)NCC(F)(F)F)CCC1. The lowest BCUT2D eigenvalue weighted by Crippen LogP contribution is -2.44. The van der Waals surface area contributed by atoms with Gasteiger partial charge in [-0.3, -0.25) is 4.79 Å². The molecule has 0 aromatic heterocycles. The highest BCUT2D eigenvalue weighted by Crippen LogP contribution is 2.42. The van der Waals surface area contributed by atoms with E-state index in [4.69, 9.17) is 0 Å². The fourth-order valence-corrected chi connectivity index (χ4v) is 2.03. The summed E-state index contributed by atoms with van der Waals surface area (Å²) in [5.74, 6) is -0.604. The predicted molar refractivity (Wildman–Crippen MR) is 58.5 cm³/mol. The minimum absolute atomic E-state index is 0.0438. The van der Waals surface area contributed by atoms with Crippen molar-refractivity contribution < 1.29 is 18.0 Å². The van der Waals surface area contributed by atoms with Gasteiger partial charge in [-0.15, -0.1) is 0 Å². The third-order valence-corrected chi connectivity index (χ3v) is 3.44. The number of rotatable bonds is 6. The summed E-state index contributed by atoms with van der Waals surface area (Å²) in [5, 5.41) is 4.77. The Balaban J connectivity index is 2.12. The summed E-state index contributed by atoms with van der Waals surface area (Å²) >= 11 is 0. The number of nitrogens with one attached hydrogen (secondary N) is 2. The predicted octanol–water partition coefficient (Wildman–Crippen LogP) is 1.83. The van der Waals surface area contributed by atoms with E-state index in [0.29, 0.717) is 6.54 Å². The van der Waals surface area contributed by atoms with Crippen LogP contribution in [0.2, 0.25) is 0 Å². The summed E-state index contributed by atoms with van der Waals surface area (Å²) in [4.78, 5) is 11.1. The van der Waals surface area contributed by atoms with Crippen molar-refractivity contribution >= 4 is 5.91 Å². The molecular weight excluding hydrogens is 233 g/mol. The van der Waals surface area contributed by atoms with Gasteiger partial charge >= 0.3 is 6.18 Å². The molecule has 0 unspecified atom stereocenters. The molecule has 17 heavy (non-hydrogen) atoms. The second-order valence-electron chi connectivity index (χ2n) is 4.70. The average molecular weight is 252 g/mol. The van der Waals surface area contributed by atoms with E-state index in [1.54, 1.807) is 0 Å². The molecular formula is C11H19F3N2O. The van der Waals surface area contributed by atoms with E-state index in [0.717, 1.165) is 19.3 Å². The number of halogens is 3. The Morgan fingerprint density at radius 3 is 2.41 bits per heavy atom. The van der Waals surface area contributed by atoms with E-state index in [1.165, 1.54) is 6.42 Å². The highest BCUT2D eigenvalue weighted by molar-refractivity contribution is 5.78. The molecule has 0 aromatic rings. The van der Waals surface area contributed by atoms with E-state index in [9.17, 15) is 18.0 Å². The molecule has 1 fully saturated rings. The van der Waals surface area contributed by atoms with Crippen molar-refractivity contribution in [2.24, 2.45) is 5.41 Å². The molecule has 0 atom stereocenters. The first-order chi connectivity index (χ1) is 7.87. The van der Waals surface area contributed by atoms with Crippen molar-refractivity contribution in [1.82, 2.24) is 10.6 Å². The summed E-state index contributed by atoms with van der Waals surface area (Å²) < 4.78 is 35.4. The molecule has 6 heteroatoms. The summed E-state index contributed by atoms with van der Waals surface area (Å²) in [6.45, 7) is 1.51. The van der Waals surface area contributed by atoms with Gasteiger partial charge in [0.1, 0.15) is 6.54 Å². The zero-order chi connectivity index (χ0) is 12.9. The van der Waals surface area contributed by atoms with Gasteiger partial charge in [0.25, 0.3) is 0 Å². The molecule has 1 aliphatic carbocycles. The van der Waals surface area contributed by atoms with Crippen molar-refractivity contribution in [3.63, 3.8) is 0 Å². The first-order valence-electron chi connectivity index (χ1n) is 5.91. The van der Waals surface area contributed by atoms with Crippen LogP contribution in [0, 0.1) is 5.41 Å². The van der Waals surface area contributed by atoms with Crippen LogP contribution in [0.3, 0.4) is 0 Å². The largest absolute Gasteiger partial charge is 0.405 e. The molecule has 0 bridgehead atoms. The van der Waals surface area contributed by atoms with Crippen LogP contribution in [0.25, 0.3) is 0 Å². The van der Waals surface area contributed by atoms with E-state index >= 15 is 0 Å². The van der Waals surface area contributed by atoms with Crippen LogP contribution in [0.4, 0.5) is 13.2 Å². The molecule has 0 spiro atoms. The van der Waals surface area contributed by atoms with Gasteiger partial charge in [0, 0.05) is 6.54 Å². The lowest BCUT2D eigenvalue weighted by atomic mass is 9.67. The van der Waals surface area contributed by atoms with E-state index < -0.39 is 18.6 Å². The Kier molecular flexibility index (Phi) is 4.80. The second kappa shape index (κ2) is 5.71. The van der Waals surface area contributed by atoms with Crippen LogP contribution < -0.4 is 10.6 Å². The number of carbonyl (C=O) groups excluding carboxylic acids is 1. The van der Waals surface area contributed by atoms with Gasteiger partial charge in [0.05, 0.1) is 6.54 Å². The number of amides is 1. The fourth-order valence-electron chi connectivity index (χ4n) is 2.03. The number of carbonyl (C=O) groups is 1. The van der Waals surface area contributed by atoms with E-state index in [-0.39, 0.29) is 12.0 Å². The van der Waals surface area contributed by atoms with Gasteiger partial charge in [-0.05, 0) is 24.7 Å². The minimum Gasteiger partial charge on any atom is -0.346 e. The minimum atomic E-state index is -4.34. The van der Waals surface area contributed by atoms with Crippen molar-refractivity contribution in [1.29, 1.82) is 0 Å². The lowest BCUT2D eigenvalue weighted by molar-refractivity contribution is -0.137. The molecule has 2 N–H and O–H groups in total. The van der Waals surface area contributed by atoms with Crippen LogP contribution >= 0.6 is 0 Å². The normalized spacial score (nSPS) is 18.6. The number of hydrogen-bond donors (Lipinski definition) is 2. The van der Waals surface area contributed by atoms with Gasteiger partial charge < -0.3 is 10.6 Å². The van der Waals surface area contributed by atoms with E-state index in [2.05, 4.69) is 12.2 Å². The molecule has 0 saturated heterocycles. The standard InChI is InChI=1S/C11H19F3N2O/c1-2-10(4-3-5-10)7-15-6-9(17)16-8-11(12,13)14/h15H,2-8H2,1H3,(H,16,17). The third kappa shape index (κ3) is 4.93. The van der Waals surface area contributed by atoms with Crippen molar-refractivity contribution in [2.75, 3.05) is 19.6 Å². The zero-order valence-electron chi connectivity index (χ0n) is 9.99. The van der Waals surface area contributed by atoms with Crippen molar-refractivity contribution in [3.8, 4) is 0 Å². The Morgan fingerprint density at radius 1 is 1.35 bits per heavy atom. The lowest BCUT2D eigenvalue weighted by Gasteiger charge is -2.41. The van der Waals surface area contributed by atoms with Crippen LogP contribution in [-0.4, -0.2) is 31.7 Å². The fraction of sp³-hybridized carbons (Fsp3) is 0.909. The van der Waals surface area contributed by atoms with Crippen molar-refractivity contribution in [2.45, 2.75) is 38.8 Å². The van der Waals surface area contributed by atoms with Crippen LogP contribution in [-0.2, 0) is 4.79 Å². The molecule has 0 heterocycles. The third-order valence-electron chi connectivity index (χ3n) is 3.44. The molecule has 0 aliphatic heterocycles. The van der Waals surface area contributed by atoms with Crippen LogP contribution in [0.1, 0.15) is 32.6 Å². The molecule has 1 aliphatic rings. The quantitative estimate of drug-likeness (QED) is 0.757. The maximum atomic E-state index is 11.8. The zero-order valence-corrected chi connectivity index (χ0v) is 9.99. The smallest absolute Gasteiger partial charge is 0.346 e. The molecule has 1 amide bonds. The van der Waals surface area contributed by atoms with Gasteiger partial charge in [-0.25, -0.2) is 0 Å². The Hall–Kier alpha value is -0.780. The average Bonchev–Trinajstić information content (AvgIpc) is 2.18. The highest BCUT2D eigenvalue weighted by Gasteiger charge is 2.34. The molecule has 100 valence electrons. The van der Waals surface area contributed by atoms with Crippen LogP contribution in [0.15, 0.2) is 0 Å². The summed E-state index contributed by atoms with van der Waals surface area (Å²) in [6.07, 6.45) is 0.190. The first-order valence-corrected chi connectivity index (χ1v) is 5.91. The maximum Gasteiger partial charge on any atom is 0.405 e. The molecule has 0 aromatic carbocycles. The van der Waals surface area contributed by atoms with Gasteiger partial charge in [0.15, 0.2) is 0 Å². The Bertz CT molecular complexity index is 256. The van der Waals surface area contributed by atoms with Gasteiger partial charge in [-0.2, -0.15) is 13.2 Å². The number of hydrogen-bond acceptors (Lipinski definition) is 2. The molecule has 0 radical (unpaired) electrons. The Morgan fingerprint density at radius 2 is 2.00 bits per heavy atom. The van der Waals surface area contributed by atoms with Gasteiger partial charge in [-0.1, -0.05) is 13.3 Å². The van der Waals surface area contributed by atoms with Crippen molar-refractivity contribution in [3.05, 3.63) is 0 Å². The maximum absolute atomic E-state index is 11.8. The Labute approximate surface area is 99.1 Å². The van der Waals surface area contributed by atoms with Gasteiger partial charge in [0.2, 0.25) is 5.91 Å². The molecule has 1 saturated carbocycles. The summed E-state index contributed by atoms with van der Waals surface area (Å²) in [5.41, 5.74) is 0.268. The highest BCUT2D eigenvalue weighted by atomic mass is 19.4. The van der Waals surface area contributed by atoms with E-state index in [1.807, 2.05) is 5.32 Å². The summed E-state index contributed by atoms with van der Waals surface area (Å²) in [7, 11) is 0.